The highest BCUT2D eigenvalue weighted by molar-refractivity contribution is 9.10. The van der Waals surface area contributed by atoms with Crippen molar-refractivity contribution in [2.45, 2.75) is 39.7 Å². The number of aromatic nitrogens is 3. The second kappa shape index (κ2) is 4.28. The highest BCUT2D eigenvalue weighted by Crippen LogP contribution is 2.41. The third kappa shape index (κ3) is 1.70. The zero-order valence-electron chi connectivity index (χ0n) is 11.9. The van der Waals surface area contributed by atoms with Gasteiger partial charge in [-0.3, -0.25) is 4.57 Å². The number of benzene rings is 1. The molecule has 2 aromatic rings. The first-order valence-corrected chi connectivity index (χ1v) is 7.38. The summed E-state index contributed by atoms with van der Waals surface area (Å²) < 4.78 is 16.6. The van der Waals surface area contributed by atoms with Crippen LogP contribution in [-0.4, -0.2) is 14.8 Å². The lowest BCUT2D eigenvalue weighted by Gasteiger charge is -2.35. The van der Waals surface area contributed by atoms with Crippen molar-refractivity contribution in [1.29, 1.82) is 0 Å². The van der Waals surface area contributed by atoms with Gasteiger partial charge in [-0.15, -0.1) is 10.2 Å². The van der Waals surface area contributed by atoms with Crippen LogP contribution in [-0.2, 0) is 12.0 Å². The summed E-state index contributed by atoms with van der Waals surface area (Å²) >= 11 is 3.36. The quantitative estimate of drug-likeness (QED) is 0.862. The van der Waals surface area contributed by atoms with E-state index in [9.17, 15) is 4.39 Å². The van der Waals surface area contributed by atoms with Gasteiger partial charge < -0.3 is 5.32 Å². The summed E-state index contributed by atoms with van der Waals surface area (Å²) in [5.41, 5.74) is 2.26. The molecule has 0 amide bonds. The fraction of sp³-hybridized carbons (Fsp3) is 0.429. The van der Waals surface area contributed by atoms with Gasteiger partial charge in [0.25, 0.3) is 0 Å². The zero-order chi connectivity index (χ0) is 14.7. The van der Waals surface area contributed by atoms with Gasteiger partial charge in [0, 0.05) is 6.07 Å². The first kappa shape index (κ1) is 13.5. The number of rotatable bonds is 1. The van der Waals surface area contributed by atoms with Crippen LogP contribution in [0.15, 0.2) is 10.5 Å². The van der Waals surface area contributed by atoms with Gasteiger partial charge in [-0.05, 0) is 48.7 Å². The number of nitrogens with zero attached hydrogens (tertiary/aromatic N) is 3. The molecule has 3 rings (SSSR count). The second-order valence-corrected chi connectivity index (χ2v) is 6.35. The molecule has 6 heteroatoms. The van der Waals surface area contributed by atoms with Crippen molar-refractivity contribution in [2.75, 3.05) is 5.32 Å². The van der Waals surface area contributed by atoms with E-state index in [0.717, 1.165) is 35.0 Å². The van der Waals surface area contributed by atoms with Gasteiger partial charge in [0.15, 0.2) is 5.82 Å². The standard InChI is InChI=1S/C14H16BrFN4/c1-5-8-11(15)9(16)6-10-12(8)20-7(2)18-19-13(20)14(3,4)17-10/h6,17H,5H2,1-4H3. The lowest BCUT2D eigenvalue weighted by atomic mass is 9.97. The van der Waals surface area contributed by atoms with Gasteiger partial charge in [0.1, 0.15) is 11.6 Å². The number of anilines is 1. The van der Waals surface area contributed by atoms with E-state index in [1.54, 1.807) is 0 Å². The Kier molecular flexibility index (Phi) is 2.90. The summed E-state index contributed by atoms with van der Waals surface area (Å²) in [7, 11) is 0. The van der Waals surface area contributed by atoms with Crippen molar-refractivity contribution in [3.05, 3.63) is 33.6 Å². The minimum absolute atomic E-state index is 0.252. The third-order valence-electron chi connectivity index (χ3n) is 3.69. The van der Waals surface area contributed by atoms with Gasteiger partial charge >= 0.3 is 0 Å². The molecule has 1 aliphatic heterocycles. The molecule has 106 valence electrons. The maximum Gasteiger partial charge on any atom is 0.162 e. The molecule has 0 saturated heterocycles. The molecule has 1 aromatic heterocycles. The summed E-state index contributed by atoms with van der Waals surface area (Å²) in [4.78, 5) is 0. The fourth-order valence-electron chi connectivity index (χ4n) is 2.77. The minimum Gasteiger partial charge on any atom is -0.371 e. The molecular formula is C14H16BrFN4. The SMILES string of the molecule is CCc1c(Br)c(F)cc2c1-n1c(C)nnc1C(C)(C)N2. The van der Waals surface area contributed by atoms with Crippen molar-refractivity contribution >= 4 is 21.6 Å². The fourth-order valence-corrected chi connectivity index (χ4v) is 3.35. The largest absolute Gasteiger partial charge is 0.371 e. The molecule has 0 fully saturated rings. The number of aryl methyl sites for hydroxylation is 1. The zero-order valence-corrected chi connectivity index (χ0v) is 13.5. The molecule has 1 aliphatic rings. The Labute approximate surface area is 125 Å². The normalized spacial score (nSPS) is 15.5. The van der Waals surface area contributed by atoms with Crippen LogP contribution in [0, 0.1) is 12.7 Å². The lowest BCUT2D eigenvalue weighted by molar-refractivity contribution is 0.531. The van der Waals surface area contributed by atoms with Crippen LogP contribution in [0.1, 0.15) is 38.0 Å². The highest BCUT2D eigenvalue weighted by atomic mass is 79.9. The average Bonchev–Trinajstić information content (AvgIpc) is 2.75. The Morgan fingerprint density at radius 2 is 2.10 bits per heavy atom. The topological polar surface area (TPSA) is 42.7 Å². The predicted molar refractivity (Wildman–Crippen MR) is 79.8 cm³/mol. The van der Waals surface area contributed by atoms with Crippen molar-refractivity contribution in [3.8, 4) is 5.69 Å². The molecule has 0 aliphatic carbocycles. The number of fused-ring (bicyclic) bond motifs is 3. The highest BCUT2D eigenvalue weighted by Gasteiger charge is 2.36. The Morgan fingerprint density at radius 3 is 2.75 bits per heavy atom. The monoisotopic (exact) mass is 338 g/mol. The molecule has 0 bridgehead atoms. The Morgan fingerprint density at radius 1 is 1.40 bits per heavy atom. The Hall–Kier alpha value is -1.43. The summed E-state index contributed by atoms with van der Waals surface area (Å²) in [5, 5.41) is 11.8. The second-order valence-electron chi connectivity index (χ2n) is 5.56. The molecule has 0 spiro atoms. The van der Waals surface area contributed by atoms with Gasteiger partial charge in [-0.1, -0.05) is 6.92 Å². The maximum atomic E-state index is 14.1. The van der Waals surface area contributed by atoms with Gasteiger partial charge in [-0.2, -0.15) is 0 Å². The summed E-state index contributed by atoms with van der Waals surface area (Å²) in [6.07, 6.45) is 0.722. The van der Waals surface area contributed by atoms with Gasteiger partial charge in [-0.25, -0.2) is 4.39 Å². The lowest BCUT2D eigenvalue weighted by Crippen LogP contribution is -2.36. The van der Waals surface area contributed by atoms with E-state index in [4.69, 9.17) is 0 Å². The van der Waals surface area contributed by atoms with E-state index >= 15 is 0 Å². The number of nitrogens with one attached hydrogen (secondary N) is 1. The van der Waals surface area contributed by atoms with Crippen LogP contribution in [0.5, 0.6) is 0 Å². The first-order chi connectivity index (χ1) is 9.36. The smallest absolute Gasteiger partial charge is 0.162 e. The van der Waals surface area contributed by atoms with Crippen molar-refractivity contribution in [3.63, 3.8) is 0 Å². The van der Waals surface area contributed by atoms with Crippen LogP contribution in [0.4, 0.5) is 10.1 Å². The van der Waals surface area contributed by atoms with Crippen LogP contribution in [0.3, 0.4) is 0 Å². The summed E-state index contributed by atoms with van der Waals surface area (Å²) in [6, 6.07) is 1.53. The van der Waals surface area contributed by atoms with E-state index in [2.05, 4.69) is 31.4 Å². The predicted octanol–water partition coefficient (Wildman–Crippen LogP) is 3.70. The van der Waals surface area contributed by atoms with Crippen molar-refractivity contribution in [1.82, 2.24) is 14.8 Å². The molecule has 0 atom stereocenters. The summed E-state index contributed by atoms with van der Waals surface area (Å²) in [5.74, 6) is 1.40. The molecule has 1 aromatic carbocycles. The first-order valence-electron chi connectivity index (χ1n) is 6.58. The van der Waals surface area contributed by atoms with Crippen LogP contribution in [0.25, 0.3) is 5.69 Å². The number of hydrogen-bond donors (Lipinski definition) is 1. The van der Waals surface area contributed by atoms with Crippen molar-refractivity contribution < 1.29 is 4.39 Å². The van der Waals surface area contributed by atoms with Gasteiger partial charge in [0.05, 0.1) is 21.4 Å². The molecule has 0 unspecified atom stereocenters. The third-order valence-corrected chi connectivity index (χ3v) is 4.55. The van der Waals surface area contributed by atoms with E-state index in [-0.39, 0.29) is 11.4 Å². The molecule has 0 saturated carbocycles. The van der Waals surface area contributed by atoms with E-state index in [0.29, 0.717) is 4.47 Å². The Bertz CT molecular complexity index is 706. The molecule has 2 heterocycles. The molecular weight excluding hydrogens is 323 g/mol. The number of halogens is 2. The van der Waals surface area contributed by atoms with Crippen LogP contribution in [0.2, 0.25) is 0 Å². The molecule has 20 heavy (non-hydrogen) atoms. The van der Waals surface area contributed by atoms with E-state index in [1.807, 2.05) is 32.3 Å². The average molecular weight is 339 g/mol. The number of hydrogen-bond acceptors (Lipinski definition) is 3. The summed E-state index contributed by atoms with van der Waals surface area (Å²) in [6.45, 7) is 7.96. The minimum atomic E-state index is -0.389. The van der Waals surface area contributed by atoms with Crippen molar-refractivity contribution in [2.24, 2.45) is 0 Å². The van der Waals surface area contributed by atoms with E-state index in [1.165, 1.54) is 6.07 Å². The Balaban J connectivity index is 2.42. The molecule has 4 nitrogen and oxygen atoms in total. The molecule has 0 radical (unpaired) electrons. The maximum absolute atomic E-state index is 14.1. The van der Waals surface area contributed by atoms with E-state index < -0.39 is 0 Å². The molecule has 1 N–H and O–H groups in total. The van der Waals surface area contributed by atoms with Crippen LogP contribution < -0.4 is 5.32 Å². The van der Waals surface area contributed by atoms with Crippen LogP contribution >= 0.6 is 15.9 Å². The van der Waals surface area contributed by atoms with Gasteiger partial charge in [0.2, 0.25) is 0 Å².